The number of thioether (sulfide) groups is 1. The van der Waals surface area contributed by atoms with Gasteiger partial charge in [0.05, 0.1) is 20.6 Å². The molecular formula is C26H28O4S. The Labute approximate surface area is 188 Å². The Morgan fingerprint density at radius 1 is 0.839 bits per heavy atom. The SMILES string of the molecule is COC(=O)CCSC(Cc1ccc(OCc2ccccc2)cc1)c1ccc(OC)cc1. The topological polar surface area (TPSA) is 44.8 Å². The van der Waals surface area contributed by atoms with E-state index in [2.05, 4.69) is 36.4 Å². The second kappa shape index (κ2) is 12.1. The third-order valence-corrected chi connectivity index (χ3v) is 6.21. The van der Waals surface area contributed by atoms with Gasteiger partial charge in [0.1, 0.15) is 18.1 Å². The molecule has 4 nitrogen and oxygen atoms in total. The summed E-state index contributed by atoms with van der Waals surface area (Å²) in [6.45, 7) is 0.554. The lowest BCUT2D eigenvalue weighted by Crippen LogP contribution is -2.05. The van der Waals surface area contributed by atoms with Crippen LogP contribution in [0.15, 0.2) is 78.9 Å². The average Bonchev–Trinajstić information content (AvgIpc) is 2.83. The predicted octanol–water partition coefficient (Wildman–Crippen LogP) is 5.85. The van der Waals surface area contributed by atoms with Crippen molar-refractivity contribution in [3.05, 3.63) is 95.6 Å². The van der Waals surface area contributed by atoms with E-state index in [0.29, 0.717) is 18.8 Å². The number of hydrogen-bond donors (Lipinski definition) is 0. The fourth-order valence-corrected chi connectivity index (χ4v) is 4.38. The van der Waals surface area contributed by atoms with Gasteiger partial charge < -0.3 is 14.2 Å². The molecule has 3 rings (SSSR count). The Morgan fingerprint density at radius 3 is 2.16 bits per heavy atom. The minimum Gasteiger partial charge on any atom is -0.497 e. The highest BCUT2D eigenvalue weighted by atomic mass is 32.2. The average molecular weight is 437 g/mol. The fourth-order valence-electron chi connectivity index (χ4n) is 3.15. The van der Waals surface area contributed by atoms with Crippen molar-refractivity contribution in [2.24, 2.45) is 0 Å². The van der Waals surface area contributed by atoms with E-state index in [-0.39, 0.29) is 11.2 Å². The number of carbonyl (C=O) groups excluding carboxylic acids is 1. The van der Waals surface area contributed by atoms with E-state index in [0.717, 1.165) is 23.5 Å². The first-order valence-corrected chi connectivity index (χ1v) is 11.3. The van der Waals surface area contributed by atoms with E-state index in [1.807, 2.05) is 42.5 Å². The Hall–Kier alpha value is -2.92. The first kappa shape index (κ1) is 22.8. The van der Waals surface area contributed by atoms with Gasteiger partial charge in [-0.3, -0.25) is 4.79 Å². The molecule has 0 aliphatic carbocycles. The smallest absolute Gasteiger partial charge is 0.306 e. The lowest BCUT2D eigenvalue weighted by atomic mass is 10.0. The molecule has 0 aliphatic rings. The Kier molecular flexibility index (Phi) is 8.85. The van der Waals surface area contributed by atoms with Crippen molar-refractivity contribution >= 4 is 17.7 Å². The zero-order valence-corrected chi connectivity index (χ0v) is 18.8. The van der Waals surface area contributed by atoms with Crippen molar-refractivity contribution in [3.63, 3.8) is 0 Å². The maximum absolute atomic E-state index is 11.5. The van der Waals surface area contributed by atoms with E-state index in [9.17, 15) is 4.79 Å². The summed E-state index contributed by atoms with van der Waals surface area (Å²) in [6.07, 6.45) is 1.26. The van der Waals surface area contributed by atoms with Crippen LogP contribution in [0.3, 0.4) is 0 Å². The largest absolute Gasteiger partial charge is 0.497 e. The summed E-state index contributed by atoms with van der Waals surface area (Å²) in [5, 5.41) is 0.228. The molecule has 0 spiro atoms. The molecular weight excluding hydrogens is 408 g/mol. The van der Waals surface area contributed by atoms with E-state index in [1.165, 1.54) is 18.2 Å². The molecule has 0 bridgehead atoms. The maximum Gasteiger partial charge on any atom is 0.306 e. The van der Waals surface area contributed by atoms with E-state index >= 15 is 0 Å². The van der Waals surface area contributed by atoms with Crippen LogP contribution in [-0.2, 0) is 22.6 Å². The van der Waals surface area contributed by atoms with Crippen LogP contribution >= 0.6 is 11.8 Å². The van der Waals surface area contributed by atoms with Gasteiger partial charge in [-0.2, -0.15) is 11.8 Å². The third kappa shape index (κ3) is 7.37. The van der Waals surface area contributed by atoms with Gasteiger partial charge in [0.2, 0.25) is 0 Å². The van der Waals surface area contributed by atoms with Crippen LogP contribution in [0.1, 0.15) is 28.4 Å². The molecule has 3 aromatic rings. The Morgan fingerprint density at radius 2 is 1.52 bits per heavy atom. The summed E-state index contributed by atoms with van der Waals surface area (Å²) in [5.74, 6) is 2.22. The van der Waals surface area contributed by atoms with Crippen LogP contribution in [0.5, 0.6) is 11.5 Å². The Balaban J connectivity index is 1.63. The van der Waals surface area contributed by atoms with E-state index < -0.39 is 0 Å². The molecule has 0 aliphatic heterocycles. The number of hydrogen-bond acceptors (Lipinski definition) is 5. The van der Waals surface area contributed by atoms with Crippen molar-refractivity contribution in [2.45, 2.75) is 24.7 Å². The van der Waals surface area contributed by atoms with Gasteiger partial charge in [-0.1, -0.05) is 54.6 Å². The quantitative estimate of drug-likeness (QED) is 0.353. The van der Waals surface area contributed by atoms with Gasteiger partial charge in [0.25, 0.3) is 0 Å². The molecule has 0 amide bonds. The number of benzene rings is 3. The van der Waals surface area contributed by atoms with Gasteiger partial charge in [0, 0.05) is 11.0 Å². The van der Waals surface area contributed by atoms with Gasteiger partial charge in [-0.05, 0) is 47.4 Å². The molecule has 0 N–H and O–H groups in total. The molecule has 1 unspecified atom stereocenters. The van der Waals surface area contributed by atoms with Crippen molar-refractivity contribution in [1.82, 2.24) is 0 Å². The minimum absolute atomic E-state index is 0.180. The summed E-state index contributed by atoms with van der Waals surface area (Å²) in [6, 6.07) is 26.5. The van der Waals surface area contributed by atoms with Crippen LogP contribution in [0.4, 0.5) is 0 Å². The molecule has 31 heavy (non-hydrogen) atoms. The highest BCUT2D eigenvalue weighted by Gasteiger charge is 2.15. The van der Waals surface area contributed by atoms with Crippen molar-refractivity contribution in [2.75, 3.05) is 20.0 Å². The van der Waals surface area contributed by atoms with Gasteiger partial charge in [-0.25, -0.2) is 0 Å². The molecule has 0 saturated carbocycles. The van der Waals surface area contributed by atoms with E-state index in [1.54, 1.807) is 18.9 Å². The van der Waals surface area contributed by atoms with Crippen molar-refractivity contribution in [3.8, 4) is 11.5 Å². The highest BCUT2D eigenvalue weighted by Crippen LogP contribution is 2.34. The summed E-state index contributed by atoms with van der Waals surface area (Å²) in [4.78, 5) is 11.5. The molecule has 0 fully saturated rings. The lowest BCUT2D eigenvalue weighted by molar-refractivity contribution is -0.140. The third-order valence-electron chi connectivity index (χ3n) is 4.93. The minimum atomic E-state index is -0.180. The summed E-state index contributed by atoms with van der Waals surface area (Å²) >= 11 is 1.77. The second-order valence-electron chi connectivity index (χ2n) is 7.08. The van der Waals surface area contributed by atoms with Gasteiger partial charge in [0.15, 0.2) is 0 Å². The molecule has 3 aromatic carbocycles. The second-order valence-corrected chi connectivity index (χ2v) is 8.39. The van der Waals surface area contributed by atoms with Gasteiger partial charge >= 0.3 is 5.97 Å². The summed E-state index contributed by atoms with van der Waals surface area (Å²) in [7, 11) is 3.09. The number of esters is 1. The monoisotopic (exact) mass is 436 g/mol. The highest BCUT2D eigenvalue weighted by molar-refractivity contribution is 7.99. The van der Waals surface area contributed by atoms with Gasteiger partial charge in [-0.15, -0.1) is 0 Å². The Bertz CT molecular complexity index is 924. The number of rotatable bonds is 11. The molecule has 5 heteroatoms. The van der Waals surface area contributed by atoms with Crippen LogP contribution in [0.2, 0.25) is 0 Å². The molecule has 0 heterocycles. The maximum atomic E-state index is 11.5. The first-order chi connectivity index (χ1) is 15.2. The van der Waals surface area contributed by atoms with Crippen molar-refractivity contribution in [1.29, 1.82) is 0 Å². The number of carbonyl (C=O) groups is 1. The standard InChI is InChI=1S/C26H28O4S/c1-28-23-14-10-22(11-15-23)25(31-17-16-26(27)29-2)18-20-8-12-24(13-9-20)30-19-21-6-4-3-5-7-21/h3-15,25H,16-19H2,1-2H3. The number of ether oxygens (including phenoxy) is 3. The van der Waals surface area contributed by atoms with Crippen LogP contribution in [0.25, 0.3) is 0 Å². The van der Waals surface area contributed by atoms with Crippen LogP contribution in [0, 0.1) is 0 Å². The molecule has 0 saturated heterocycles. The number of methoxy groups -OCH3 is 2. The predicted molar refractivity (Wildman–Crippen MR) is 126 cm³/mol. The summed E-state index contributed by atoms with van der Waals surface area (Å²) < 4.78 is 15.9. The lowest BCUT2D eigenvalue weighted by Gasteiger charge is -2.18. The fraction of sp³-hybridized carbons (Fsp3) is 0.269. The van der Waals surface area contributed by atoms with Crippen LogP contribution in [-0.4, -0.2) is 25.9 Å². The molecule has 1 atom stereocenters. The zero-order valence-electron chi connectivity index (χ0n) is 18.0. The first-order valence-electron chi connectivity index (χ1n) is 10.3. The molecule has 162 valence electrons. The molecule has 0 radical (unpaired) electrons. The van der Waals surface area contributed by atoms with Crippen LogP contribution < -0.4 is 9.47 Å². The summed E-state index contributed by atoms with van der Waals surface area (Å²) in [5.41, 5.74) is 3.58. The zero-order chi connectivity index (χ0) is 21.9. The molecule has 0 aromatic heterocycles. The normalized spacial score (nSPS) is 11.5. The van der Waals surface area contributed by atoms with E-state index in [4.69, 9.17) is 14.2 Å². The van der Waals surface area contributed by atoms with Crippen molar-refractivity contribution < 1.29 is 19.0 Å².